The molecule has 0 spiro atoms. The molecule has 0 bridgehead atoms. The molecule has 0 fully saturated rings. The third-order valence-electron chi connectivity index (χ3n) is 2.04. The van der Waals surface area contributed by atoms with Gasteiger partial charge >= 0.3 is 0 Å². The second-order valence-electron chi connectivity index (χ2n) is 3.03. The standard InChI is InChI=1S/C10H10ClNO.C2H6/c1-7-12-10(6-13-7)8-2-4-9(11)5-3-8;1-2/h2-5,10H,6H2,1H3;1-2H3. The number of hydrogen-bond acceptors (Lipinski definition) is 2. The van der Waals surface area contributed by atoms with Crippen molar-refractivity contribution in [2.45, 2.75) is 26.8 Å². The molecule has 1 heterocycles. The van der Waals surface area contributed by atoms with Crippen molar-refractivity contribution in [1.29, 1.82) is 0 Å². The van der Waals surface area contributed by atoms with Gasteiger partial charge in [-0.05, 0) is 17.7 Å². The van der Waals surface area contributed by atoms with E-state index in [0.29, 0.717) is 6.61 Å². The van der Waals surface area contributed by atoms with E-state index in [1.807, 2.05) is 45.0 Å². The summed E-state index contributed by atoms with van der Waals surface area (Å²) in [5.41, 5.74) is 1.15. The lowest BCUT2D eigenvalue weighted by atomic mass is 10.1. The zero-order valence-corrected chi connectivity index (χ0v) is 10.1. The van der Waals surface area contributed by atoms with E-state index in [1.54, 1.807) is 0 Å². The molecule has 0 aromatic heterocycles. The third-order valence-corrected chi connectivity index (χ3v) is 2.29. The Labute approximate surface area is 95.9 Å². The van der Waals surface area contributed by atoms with Gasteiger partial charge in [-0.15, -0.1) is 0 Å². The second kappa shape index (κ2) is 5.76. The quantitative estimate of drug-likeness (QED) is 0.711. The molecule has 0 amide bonds. The summed E-state index contributed by atoms with van der Waals surface area (Å²) in [7, 11) is 0. The Morgan fingerprint density at radius 3 is 2.33 bits per heavy atom. The molecule has 0 aliphatic carbocycles. The van der Waals surface area contributed by atoms with Crippen LogP contribution in [0.4, 0.5) is 0 Å². The molecule has 0 saturated carbocycles. The van der Waals surface area contributed by atoms with E-state index >= 15 is 0 Å². The molecule has 2 rings (SSSR count). The van der Waals surface area contributed by atoms with Crippen molar-refractivity contribution in [3.05, 3.63) is 34.9 Å². The fourth-order valence-electron chi connectivity index (χ4n) is 1.35. The normalized spacial score (nSPS) is 18.7. The largest absolute Gasteiger partial charge is 0.479 e. The fourth-order valence-corrected chi connectivity index (χ4v) is 1.48. The molecule has 1 atom stereocenters. The Bertz CT molecular complexity index is 332. The minimum Gasteiger partial charge on any atom is -0.479 e. The van der Waals surface area contributed by atoms with Gasteiger partial charge in [-0.2, -0.15) is 0 Å². The Balaban J connectivity index is 0.000000531. The van der Waals surface area contributed by atoms with E-state index in [0.717, 1.165) is 16.5 Å². The highest BCUT2D eigenvalue weighted by molar-refractivity contribution is 6.30. The maximum absolute atomic E-state index is 5.78. The zero-order chi connectivity index (χ0) is 11.3. The SMILES string of the molecule is CC.CC1=NC(c2ccc(Cl)cc2)CO1. The van der Waals surface area contributed by atoms with E-state index in [4.69, 9.17) is 16.3 Å². The molecule has 15 heavy (non-hydrogen) atoms. The Morgan fingerprint density at radius 2 is 1.87 bits per heavy atom. The maximum Gasteiger partial charge on any atom is 0.180 e. The molecule has 1 aliphatic rings. The number of nitrogens with zero attached hydrogens (tertiary/aromatic N) is 1. The predicted octanol–water partition coefficient (Wildman–Crippen LogP) is 3.86. The second-order valence-corrected chi connectivity index (χ2v) is 3.46. The monoisotopic (exact) mass is 225 g/mol. The summed E-state index contributed by atoms with van der Waals surface area (Å²) in [4.78, 5) is 4.34. The summed E-state index contributed by atoms with van der Waals surface area (Å²) in [5, 5.41) is 0.753. The minimum atomic E-state index is 0.150. The average Bonchev–Trinajstić information content (AvgIpc) is 2.69. The maximum atomic E-state index is 5.78. The van der Waals surface area contributed by atoms with Gasteiger partial charge in [-0.1, -0.05) is 37.6 Å². The zero-order valence-electron chi connectivity index (χ0n) is 9.33. The lowest BCUT2D eigenvalue weighted by Crippen LogP contribution is -1.97. The van der Waals surface area contributed by atoms with Gasteiger partial charge in [-0.25, -0.2) is 4.99 Å². The van der Waals surface area contributed by atoms with Gasteiger partial charge in [0, 0.05) is 11.9 Å². The van der Waals surface area contributed by atoms with Crippen LogP contribution in [0.15, 0.2) is 29.3 Å². The first-order chi connectivity index (χ1) is 7.25. The van der Waals surface area contributed by atoms with Crippen LogP contribution < -0.4 is 0 Å². The first-order valence-corrected chi connectivity index (χ1v) is 5.56. The number of benzene rings is 1. The van der Waals surface area contributed by atoms with E-state index in [-0.39, 0.29) is 6.04 Å². The van der Waals surface area contributed by atoms with Gasteiger partial charge in [0.1, 0.15) is 12.6 Å². The van der Waals surface area contributed by atoms with Gasteiger partial charge in [0.05, 0.1) is 0 Å². The Morgan fingerprint density at radius 1 is 1.27 bits per heavy atom. The minimum absolute atomic E-state index is 0.150. The molecular formula is C12H16ClNO. The number of aliphatic imine (C=N–C) groups is 1. The van der Waals surface area contributed by atoms with Gasteiger partial charge in [0.15, 0.2) is 5.90 Å². The average molecular weight is 226 g/mol. The summed E-state index contributed by atoms with van der Waals surface area (Å²) >= 11 is 5.78. The van der Waals surface area contributed by atoms with E-state index in [2.05, 4.69) is 4.99 Å². The highest BCUT2D eigenvalue weighted by atomic mass is 35.5. The van der Waals surface area contributed by atoms with Crippen LogP contribution in [0.5, 0.6) is 0 Å². The summed E-state index contributed by atoms with van der Waals surface area (Å²) < 4.78 is 5.27. The molecule has 1 unspecified atom stereocenters. The number of hydrogen-bond donors (Lipinski definition) is 0. The summed E-state index contributed by atoms with van der Waals surface area (Å²) in [5.74, 6) is 0.764. The Hall–Kier alpha value is -1.02. The van der Waals surface area contributed by atoms with Crippen LogP contribution in [0.1, 0.15) is 32.4 Å². The van der Waals surface area contributed by atoms with Gasteiger partial charge in [-0.3, -0.25) is 0 Å². The number of ether oxygens (including phenoxy) is 1. The van der Waals surface area contributed by atoms with E-state index in [1.165, 1.54) is 0 Å². The fraction of sp³-hybridized carbons (Fsp3) is 0.417. The third kappa shape index (κ3) is 3.24. The highest BCUT2D eigenvalue weighted by Crippen LogP contribution is 2.23. The van der Waals surface area contributed by atoms with Crippen LogP contribution in [-0.4, -0.2) is 12.5 Å². The van der Waals surface area contributed by atoms with Crippen LogP contribution in [0.25, 0.3) is 0 Å². The van der Waals surface area contributed by atoms with Gasteiger partial charge in [0.25, 0.3) is 0 Å². The van der Waals surface area contributed by atoms with Crippen LogP contribution in [0, 0.1) is 0 Å². The van der Waals surface area contributed by atoms with Gasteiger partial charge < -0.3 is 4.74 Å². The number of halogens is 1. The molecule has 82 valence electrons. The molecule has 1 aliphatic heterocycles. The molecule has 0 radical (unpaired) electrons. The molecule has 0 N–H and O–H groups in total. The molecule has 0 saturated heterocycles. The number of rotatable bonds is 1. The molecule has 3 heteroatoms. The molecular weight excluding hydrogens is 210 g/mol. The smallest absolute Gasteiger partial charge is 0.180 e. The van der Waals surface area contributed by atoms with Crippen LogP contribution in [0.3, 0.4) is 0 Å². The van der Waals surface area contributed by atoms with Crippen molar-refractivity contribution in [1.82, 2.24) is 0 Å². The Kier molecular flexibility index (Phi) is 4.63. The summed E-state index contributed by atoms with van der Waals surface area (Å²) in [6.45, 7) is 6.52. The summed E-state index contributed by atoms with van der Waals surface area (Å²) in [6.07, 6.45) is 0. The van der Waals surface area contributed by atoms with Crippen molar-refractivity contribution >= 4 is 17.5 Å². The lowest BCUT2D eigenvalue weighted by Gasteiger charge is -2.04. The molecule has 2 nitrogen and oxygen atoms in total. The van der Waals surface area contributed by atoms with E-state index in [9.17, 15) is 0 Å². The van der Waals surface area contributed by atoms with Crippen molar-refractivity contribution in [3.8, 4) is 0 Å². The van der Waals surface area contributed by atoms with Crippen LogP contribution in [0.2, 0.25) is 5.02 Å². The van der Waals surface area contributed by atoms with Crippen molar-refractivity contribution in [3.63, 3.8) is 0 Å². The van der Waals surface area contributed by atoms with Crippen molar-refractivity contribution < 1.29 is 4.74 Å². The van der Waals surface area contributed by atoms with E-state index < -0.39 is 0 Å². The first kappa shape index (κ1) is 12.1. The first-order valence-electron chi connectivity index (χ1n) is 5.18. The molecule has 1 aromatic rings. The topological polar surface area (TPSA) is 21.6 Å². The predicted molar refractivity (Wildman–Crippen MR) is 64.6 cm³/mol. The van der Waals surface area contributed by atoms with Crippen molar-refractivity contribution in [2.75, 3.05) is 6.61 Å². The molecule has 1 aromatic carbocycles. The van der Waals surface area contributed by atoms with Crippen molar-refractivity contribution in [2.24, 2.45) is 4.99 Å². The van der Waals surface area contributed by atoms with Gasteiger partial charge in [0.2, 0.25) is 0 Å². The lowest BCUT2D eigenvalue weighted by molar-refractivity contribution is 0.317. The van der Waals surface area contributed by atoms with Crippen LogP contribution >= 0.6 is 11.6 Å². The van der Waals surface area contributed by atoms with Crippen LogP contribution in [-0.2, 0) is 4.74 Å². The summed E-state index contributed by atoms with van der Waals surface area (Å²) in [6, 6.07) is 7.87. The highest BCUT2D eigenvalue weighted by Gasteiger charge is 2.17.